The van der Waals surface area contributed by atoms with Crippen LogP contribution >= 0.6 is 0 Å². The molecule has 1 aliphatic carbocycles. The van der Waals surface area contributed by atoms with Gasteiger partial charge in [0.1, 0.15) is 11.5 Å². The fraction of sp³-hybridized carbons (Fsp3) is 0.294. The Morgan fingerprint density at radius 1 is 1.05 bits per heavy atom. The number of ether oxygens (including phenoxy) is 2. The van der Waals surface area contributed by atoms with Crippen LogP contribution < -0.4 is 20.5 Å². The molecule has 110 valence electrons. The SMILES string of the molecule is COc1ccc(OC)c(NC2CC(N)c3ccccc32)c1. The van der Waals surface area contributed by atoms with Gasteiger partial charge in [-0.05, 0) is 29.7 Å². The van der Waals surface area contributed by atoms with Crippen molar-refractivity contribution in [2.45, 2.75) is 18.5 Å². The van der Waals surface area contributed by atoms with Gasteiger partial charge in [-0.25, -0.2) is 0 Å². The van der Waals surface area contributed by atoms with Gasteiger partial charge in [-0.1, -0.05) is 24.3 Å². The molecule has 2 unspecified atom stereocenters. The van der Waals surface area contributed by atoms with Crippen molar-refractivity contribution >= 4 is 5.69 Å². The number of nitrogens with one attached hydrogen (secondary N) is 1. The number of fused-ring (bicyclic) bond motifs is 1. The van der Waals surface area contributed by atoms with Crippen LogP contribution in [0, 0.1) is 0 Å². The highest BCUT2D eigenvalue weighted by molar-refractivity contribution is 5.61. The van der Waals surface area contributed by atoms with Crippen molar-refractivity contribution in [3.8, 4) is 11.5 Å². The van der Waals surface area contributed by atoms with Gasteiger partial charge < -0.3 is 20.5 Å². The van der Waals surface area contributed by atoms with E-state index in [2.05, 4.69) is 17.4 Å². The third-order valence-corrected chi connectivity index (χ3v) is 4.00. The van der Waals surface area contributed by atoms with E-state index in [0.717, 1.165) is 23.6 Å². The first kappa shape index (κ1) is 13.8. The Hall–Kier alpha value is -2.20. The Labute approximate surface area is 124 Å². The molecule has 4 nitrogen and oxygen atoms in total. The average Bonchev–Trinajstić information content (AvgIpc) is 2.84. The van der Waals surface area contributed by atoms with Crippen LogP contribution in [0.4, 0.5) is 5.69 Å². The average molecular weight is 284 g/mol. The van der Waals surface area contributed by atoms with Gasteiger partial charge in [0.2, 0.25) is 0 Å². The molecular weight excluding hydrogens is 264 g/mol. The fourth-order valence-corrected chi connectivity index (χ4v) is 2.93. The molecule has 4 heteroatoms. The van der Waals surface area contributed by atoms with Gasteiger partial charge in [0.05, 0.1) is 25.9 Å². The molecule has 2 atom stereocenters. The maximum Gasteiger partial charge on any atom is 0.142 e. The summed E-state index contributed by atoms with van der Waals surface area (Å²) in [7, 11) is 3.33. The molecule has 0 spiro atoms. The number of benzene rings is 2. The second-order valence-corrected chi connectivity index (χ2v) is 5.23. The molecule has 0 saturated carbocycles. The fourth-order valence-electron chi connectivity index (χ4n) is 2.93. The summed E-state index contributed by atoms with van der Waals surface area (Å²) in [6.07, 6.45) is 0.875. The predicted octanol–water partition coefficient (Wildman–Crippen LogP) is 3.26. The molecule has 0 radical (unpaired) electrons. The van der Waals surface area contributed by atoms with E-state index in [1.807, 2.05) is 30.3 Å². The molecule has 21 heavy (non-hydrogen) atoms. The highest BCUT2D eigenvalue weighted by Crippen LogP contribution is 2.41. The largest absolute Gasteiger partial charge is 0.497 e. The maximum atomic E-state index is 6.22. The quantitative estimate of drug-likeness (QED) is 0.905. The molecular formula is C17H20N2O2. The topological polar surface area (TPSA) is 56.5 Å². The van der Waals surface area contributed by atoms with Crippen molar-refractivity contribution in [3.05, 3.63) is 53.6 Å². The van der Waals surface area contributed by atoms with Gasteiger partial charge in [0.15, 0.2) is 0 Å². The first-order chi connectivity index (χ1) is 10.2. The van der Waals surface area contributed by atoms with Crippen molar-refractivity contribution < 1.29 is 9.47 Å². The van der Waals surface area contributed by atoms with Crippen LogP contribution in [0.5, 0.6) is 11.5 Å². The van der Waals surface area contributed by atoms with Crippen molar-refractivity contribution in [3.63, 3.8) is 0 Å². The Balaban J connectivity index is 1.91. The molecule has 0 aliphatic heterocycles. The highest BCUT2D eigenvalue weighted by atomic mass is 16.5. The molecule has 0 fully saturated rings. The van der Waals surface area contributed by atoms with E-state index < -0.39 is 0 Å². The molecule has 0 aromatic heterocycles. The minimum absolute atomic E-state index is 0.0790. The molecule has 2 aromatic carbocycles. The summed E-state index contributed by atoms with van der Waals surface area (Å²) in [4.78, 5) is 0. The van der Waals surface area contributed by atoms with Crippen LogP contribution in [0.15, 0.2) is 42.5 Å². The van der Waals surface area contributed by atoms with Crippen molar-refractivity contribution in [2.24, 2.45) is 5.73 Å². The van der Waals surface area contributed by atoms with Gasteiger partial charge in [-0.15, -0.1) is 0 Å². The standard InChI is InChI=1S/C17H20N2O2/c1-20-11-7-8-17(21-2)16(9-11)19-15-10-14(18)12-5-3-4-6-13(12)15/h3-9,14-15,19H,10,18H2,1-2H3. The summed E-state index contributed by atoms with van der Waals surface area (Å²) in [5, 5.41) is 3.54. The summed E-state index contributed by atoms with van der Waals surface area (Å²) in [5.74, 6) is 1.60. The van der Waals surface area contributed by atoms with E-state index in [1.165, 1.54) is 11.1 Å². The number of methoxy groups -OCH3 is 2. The Kier molecular flexibility index (Phi) is 3.71. The summed E-state index contributed by atoms with van der Waals surface area (Å²) in [6, 6.07) is 14.3. The molecule has 3 N–H and O–H groups in total. The molecule has 0 heterocycles. The lowest BCUT2D eigenvalue weighted by Gasteiger charge is -2.18. The Morgan fingerprint density at radius 2 is 1.81 bits per heavy atom. The zero-order valence-corrected chi connectivity index (χ0v) is 12.3. The van der Waals surface area contributed by atoms with Crippen LogP contribution in [0.25, 0.3) is 0 Å². The molecule has 2 aromatic rings. The smallest absolute Gasteiger partial charge is 0.142 e. The number of hydrogen-bond donors (Lipinski definition) is 2. The predicted molar refractivity (Wildman–Crippen MR) is 83.9 cm³/mol. The first-order valence-corrected chi connectivity index (χ1v) is 7.06. The Morgan fingerprint density at radius 3 is 2.52 bits per heavy atom. The summed E-state index contributed by atoms with van der Waals surface area (Å²) >= 11 is 0. The normalized spacial score (nSPS) is 20.0. The van der Waals surface area contributed by atoms with Crippen molar-refractivity contribution in [1.82, 2.24) is 0 Å². The van der Waals surface area contributed by atoms with E-state index in [-0.39, 0.29) is 12.1 Å². The second-order valence-electron chi connectivity index (χ2n) is 5.23. The Bertz CT molecular complexity index is 642. The summed E-state index contributed by atoms with van der Waals surface area (Å²) in [6.45, 7) is 0. The van der Waals surface area contributed by atoms with Gasteiger partial charge in [-0.2, -0.15) is 0 Å². The number of anilines is 1. The molecule has 0 saturated heterocycles. The maximum absolute atomic E-state index is 6.22. The van der Waals surface area contributed by atoms with E-state index >= 15 is 0 Å². The van der Waals surface area contributed by atoms with Gasteiger partial charge in [-0.3, -0.25) is 0 Å². The second kappa shape index (κ2) is 5.66. The van der Waals surface area contributed by atoms with Crippen LogP contribution in [0.3, 0.4) is 0 Å². The first-order valence-electron chi connectivity index (χ1n) is 7.06. The van der Waals surface area contributed by atoms with Gasteiger partial charge >= 0.3 is 0 Å². The molecule has 0 amide bonds. The lowest BCUT2D eigenvalue weighted by molar-refractivity contribution is 0.404. The van der Waals surface area contributed by atoms with Crippen LogP contribution in [0.2, 0.25) is 0 Å². The molecule has 0 bridgehead atoms. The monoisotopic (exact) mass is 284 g/mol. The van der Waals surface area contributed by atoms with E-state index in [0.29, 0.717) is 0 Å². The van der Waals surface area contributed by atoms with E-state index in [4.69, 9.17) is 15.2 Å². The minimum Gasteiger partial charge on any atom is -0.497 e. The van der Waals surface area contributed by atoms with Gasteiger partial charge in [0, 0.05) is 12.1 Å². The van der Waals surface area contributed by atoms with Gasteiger partial charge in [0.25, 0.3) is 0 Å². The highest BCUT2D eigenvalue weighted by Gasteiger charge is 2.28. The number of hydrogen-bond acceptors (Lipinski definition) is 4. The lowest BCUT2D eigenvalue weighted by atomic mass is 10.1. The molecule has 1 aliphatic rings. The minimum atomic E-state index is 0.0790. The van der Waals surface area contributed by atoms with Crippen molar-refractivity contribution in [1.29, 1.82) is 0 Å². The molecule has 3 rings (SSSR count). The third-order valence-electron chi connectivity index (χ3n) is 4.00. The summed E-state index contributed by atoms with van der Waals surface area (Å²) in [5.41, 5.74) is 9.62. The lowest BCUT2D eigenvalue weighted by Crippen LogP contribution is -2.10. The van der Waals surface area contributed by atoms with E-state index in [1.54, 1.807) is 14.2 Å². The zero-order chi connectivity index (χ0) is 14.8. The van der Waals surface area contributed by atoms with E-state index in [9.17, 15) is 0 Å². The zero-order valence-electron chi connectivity index (χ0n) is 12.3. The van der Waals surface area contributed by atoms with Crippen LogP contribution in [0.1, 0.15) is 29.6 Å². The third kappa shape index (κ3) is 2.54. The number of rotatable bonds is 4. The van der Waals surface area contributed by atoms with Crippen LogP contribution in [-0.2, 0) is 0 Å². The van der Waals surface area contributed by atoms with Crippen molar-refractivity contribution in [2.75, 3.05) is 19.5 Å². The summed E-state index contributed by atoms with van der Waals surface area (Å²) < 4.78 is 10.7. The van der Waals surface area contributed by atoms with Crippen LogP contribution in [-0.4, -0.2) is 14.2 Å². The number of nitrogens with two attached hydrogens (primary N) is 1.